The topological polar surface area (TPSA) is 59.0 Å². The summed E-state index contributed by atoms with van der Waals surface area (Å²) in [6, 6.07) is 18.1. The van der Waals surface area contributed by atoms with Crippen LogP contribution in [0.25, 0.3) is 0 Å². The van der Waals surface area contributed by atoms with E-state index in [1.54, 1.807) is 0 Å². The summed E-state index contributed by atoms with van der Waals surface area (Å²) in [7, 11) is 3.98. The molecule has 2 aromatic rings. The van der Waals surface area contributed by atoms with Crippen molar-refractivity contribution < 1.29 is 14.3 Å². The number of anilines is 1. The predicted octanol–water partition coefficient (Wildman–Crippen LogP) is 4.72. The molecule has 4 rings (SSSR count). The lowest BCUT2D eigenvalue weighted by Gasteiger charge is -2.34. The van der Waals surface area contributed by atoms with Crippen LogP contribution < -0.4 is 4.90 Å². The number of carbonyl (C=O) groups excluding carboxylic acids is 2. The zero-order valence-electron chi connectivity index (χ0n) is 19.0. The largest absolute Gasteiger partial charge is 0.465 e. The van der Waals surface area contributed by atoms with E-state index >= 15 is 0 Å². The van der Waals surface area contributed by atoms with Gasteiger partial charge in [0.2, 0.25) is 0 Å². The van der Waals surface area contributed by atoms with E-state index in [2.05, 4.69) is 0 Å². The molecule has 2 aliphatic rings. The molecule has 0 N–H and O–H groups in total. The van der Waals surface area contributed by atoms with Gasteiger partial charge in [0.05, 0.1) is 6.61 Å². The number of esters is 1. The smallest absolute Gasteiger partial charge is 0.315 e. The molecule has 0 spiro atoms. The third kappa shape index (κ3) is 4.52. The molecule has 2 aromatic carbocycles. The summed E-state index contributed by atoms with van der Waals surface area (Å²) < 4.78 is 5.72. The molecular formula is C27H30N2O3. The van der Waals surface area contributed by atoms with E-state index in [4.69, 9.17) is 9.73 Å². The van der Waals surface area contributed by atoms with Gasteiger partial charge in [0, 0.05) is 55.5 Å². The van der Waals surface area contributed by atoms with Crippen molar-refractivity contribution in [1.29, 1.82) is 0 Å². The quantitative estimate of drug-likeness (QED) is 0.622. The normalized spacial score (nSPS) is 20.5. The number of Topliss-reactive ketones (excluding diaryl/α,β-unsaturated/α-hetero) is 1. The number of nitrogens with zero attached hydrogens (tertiary/aromatic N) is 2. The number of benzene rings is 2. The van der Waals surface area contributed by atoms with Gasteiger partial charge < -0.3 is 9.64 Å². The molecule has 0 saturated carbocycles. The van der Waals surface area contributed by atoms with Crippen molar-refractivity contribution in [3.05, 3.63) is 77.0 Å². The van der Waals surface area contributed by atoms with E-state index in [-0.39, 0.29) is 17.7 Å². The monoisotopic (exact) mass is 430 g/mol. The molecule has 5 heteroatoms. The first-order valence-electron chi connectivity index (χ1n) is 11.2. The highest BCUT2D eigenvalue weighted by Gasteiger charge is 2.43. The van der Waals surface area contributed by atoms with Crippen LogP contribution in [-0.2, 0) is 20.7 Å². The van der Waals surface area contributed by atoms with Crippen molar-refractivity contribution in [3.8, 4) is 0 Å². The van der Waals surface area contributed by atoms with Crippen LogP contribution in [-0.4, -0.2) is 38.2 Å². The Morgan fingerprint density at radius 1 is 1.06 bits per heavy atom. The molecule has 1 aliphatic carbocycles. The molecule has 0 bridgehead atoms. The second-order valence-corrected chi connectivity index (χ2v) is 8.73. The van der Waals surface area contributed by atoms with Crippen LogP contribution in [0.4, 0.5) is 5.69 Å². The Kier molecular flexibility index (Phi) is 6.54. The first kappa shape index (κ1) is 22.0. The summed E-state index contributed by atoms with van der Waals surface area (Å²) in [5.74, 6) is -1.15. The molecule has 5 nitrogen and oxygen atoms in total. The van der Waals surface area contributed by atoms with E-state index in [9.17, 15) is 9.59 Å². The van der Waals surface area contributed by atoms with Crippen LogP contribution >= 0.6 is 0 Å². The molecule has 0 radical (unpaired) electrons. The van der Waals surface area contributed by atoms with Gasteiger partial charge in [-0.25, -0.2) is 0 Å². The molecule has 1 aliphatic heterocycles. The minimum atomic E-state index is -0.586. The van der Waals surface area contributed by atoms with E-state index in [1.165, 1.54) is 0 Å². The number of ether oxygens (including phenoxy) is 1. The lowest BCUT2D eigenvalue weighted by atomic mass is 9.72. The van der Waals surface area contributed by atoms with E-state index in [0.29, 0.717) is 25.0 Å². The number of aliphatic imine (C=N–C) groups is 1. The Morgan fingerprint density at radius 3 is 2.47 bits per heavy atom. The van der Waals surface area contributed by atoms with Gasteiger partial charge in [-0.3, -0.25) is 14.6 Å². The average molecular weight is 431 g/mol. The van der Waals surface area contributed by atoms with Crippen LogP contribution in [0.2, 0.25) is 0 Å². The van der Waals surface area contributed by atoms with Crippen LogP contribution in [0.5, 0.6) is 0 Å². The zero-order chi connectivity index (χ0) is 22.7. The highest BCUT2D eigenvalue weighted by molar-refractivity contribution is 6.08. The Hall–Kier alpha value is -3.21. The fourth-order valence-electron chi connectivity index (χ4n) is 4.66. The van der Waals surface area contributed by atoms with Crippen LogP contribution in [0.1, 0.15) is 43.2 Å². The van der Waals surface area contributed by atoms with Crippen molar-refractivity contribution >= 4 is 23.2 Å². The number of rotatable bonds is 6. The summed E-state index contributed by atoms with van der Waals surface area (Å²) in [5, 5.41) is 0. The van der Waals surface area contributed by atoms with Crippen LogP contribution in [0.15, 0.2) is 70.9 Å². The number of carbonyl (C=O) groups is 2. The van der Waals surface area contributed by atoms with Gasteiger partial charge in [-0.1, -0.05) is 42.5 Å². The lowest BCUT2D eigenvalue weighted by molar-refractivity contribution is -0.146. The van der Waals surface area contributed by atoms with Gasteiger partial charge in [-0.05, 0) is 43.0 Å². The Bertz CT molecular complexity index is 1050. The molecule has 0 fully saturated rings. The minimum absolute atomic E-state index is 0.103. The average Bonchev–Trinajstić information content (AvgIpc) is 2.79. The minimum Gasteiger partial charge on any atom is -0.465 e. The molecule has 1 heterocycles. The number of hydrogen-bond acceptors (Lipinski definition) is 5. The summed E-state index contributed by atoms with van der Waals surface area (Å²) >= 11 is 0. The maximum absolute atomic E-state index is 13.3. The molecule has 0 amide bonds. The third-order valence-corrected chi connectivity index (χ3v) is 6.33. The number of allylic oxidation sites excluding steroid dienone is 2. The number of hydrogen-bond donors (Lipinski definition) is 0. The third-order valence-electron chi connectivity index (χ3n) is 6.33. The van der Waals surface area contributed by atoms with Gasteiger partial charge in [0.1, 0.15) is 5.92 Å². The highest BCUT2D eigenvalue weighted by atomic mass is 16.5. The summed E-state index contributed by atoms with van der Waals surface area (Å²) in [6.45, 7) is 2.19. The summed E-state index contributed by atoms with van der Waals surface area (Å²) in [6.07, 6.45) is 2.76. The summed E-state index contributed by atoms with van der Waals surface area (Å²) in [5.41, 5.74) is 5.42. The molecular weight excluding hydrogens is 400 g/mol. The fourth-order valence-corrected chi connectivity index (χ4v) is 4.66. The van der Waals surface area contributed by atoms with Gasteiger partial charge in [-0.2, -0.15) is 0 Å². The highest BCUT2D eigenvalue weighted by Crippen LogP contribution is 2.43. The van der Waals surface area contributed by atoms with E-state index < -0.39 is 5.92 Å². The molecule has 0 saturated heterocycles. The standard InChI is InChI=1S/C27H30N2O3/c1-18-24(27(31)32-17-16-19-8-5-4-6-9-19)25(20-12-14-21(15-13-20)29(2)3)26-22(28-18)10-7-11-23(26)30/h4-6,8-9,12-15,24-25H,7,10-11,16-17H2,1-3H3/t24?,25-/m0/s1. The Morgan fingerprint density at radius 2 is 1.78 bits per heavy atom. The number of ketones is 1. The van der Waals surface area contributed by atoms with Crippen molar-refractivity contribution in [3.63, 3.8) is 0 Å². The van der Waals surface area contributed by atoms with Gasteiger partial charge in [0.25, 0.3) is 0 Å². The van der Waals surface area contributed by atoms with E-state index in [0.717, 1.165) is 41.1 Å². The SMILES string of the molecule is CC1=NC2=C(C(=O)CCC2)[C@@H](c2ccc(N(C)C)cc2)C1C(=O)OCCc1ccccc1. The van der Waals surface area contributed by atoms with Gasteiger partial charge in [0.15, 0.2) is 5.78 Å². The van der Waals surface area contributed by atoms with Crippen molar-refractivity contribution in [1.82, 2.24) is 0 Å². The Balaban J connectivity index is 1.62. The second kappa shape index (κ2) is 9.51. The first-order chi connectivity index (χ1) is 15.5. The summed E-state index contributed by atoms with van der Waals surface area (Å²) in [4.78, 5) is 33.0. The zero-order valence-corrected chi connectivity index (χ0v) is 19.0. The maximum atomic E-state index is 13.3. The fraction of sp³-hybridized carbons (Fsp3) is 0.370. The van der Waals surface area contributed by atoms with Crippen LogP contribution in [0, 0.1) is 5.92 Å². The maximum Gasteiger partial charge on any atom is 0.315 e. The molecule has 2 atom stereocenters. The first-order valence-corrected chi connectivity index (χ1v) is 11.2. The Labute approximate surface area is 189 Å². The second-order valence-electron chi connectivity index (χ2n) is 8.73. The van der Waals surface area contributed by atoms with Crippen LogP contribution in [0.3, 0.4) is 0 Å². The predicted molar refractivity (Wildman–Crippen MR) is 127 cm³/mol. The van der Waals surface area contributed by atoms with Crippen molar-refractivity contribution in [2.45, 2.75) is 38.5 Å². The van der Waals surface area contributed by atoms with Gasteiger partial charge >= 0.3 is 5.97 Å². The molecule has 166 valence electrons. The lowest BCUT2D eigenvalue weighted by Crippen LogP contribution is -2.37. The molecule has 1 unspecified atom stereocenters. The van der Waals surface area contributed by atoms with Crippen molar-refractivity contribution in [2.24, 2.45) is 10.9 Å². The van der Waals surface area contributed by atoms with Gasteiger partial charge in [-0.15, -0.1) is 0 Å². The van der Waals surface area contributed by atoms with Crippen molar-refractivity contribution in [2.75, 3.05) is 25.6 Å². The van der Waals surface area contributed by atoms with E-state index in [1.807, 2.05) is 80.5 Å². The molecule has 0 aromatic heterocycles. The molecule has 32 heavy (non-hydrogen) atoms.